The van der Waals surface area contributed by atoms with E-state index < -0.39 is 0 Å². The van der Waals surface area contributed by atoms with Crippen molar-refractivity contribution in [1.82, 2.24) is 15.2 Å². The molecule has 0 aliphatic carbocycles. The van der Waals surface area contributed by atoms with Crippen LogP contribution in [0.25, 0.3) is 22.2 Å². The highest BCUT2D eigenvalue weighted by molar-refractivity contribution is 5.93. The second-order valence-electron chi connectivity index (χ2n) is 4.21. The van der Waals surface area contributed by atoms with E-state index in [1.165, 1.54) is 5.56 Å². The molecule has 0 bridgehead atoms. The van der Waals surface area contributed by atoms with Gasteiger partial charge in [-0.1, -0.05) is 12.1 Å². The Hall–Kier alpha value is -2.36. The summed E-state index contributed by atoms with van der Waals surface area (Å²) in [6.45, 7) is 2.06. The van der Waals surface area contributed by atoms with Gasteiger partial charge in [0.2, 0.25) is 5.88 Å². The summed E-state index contributed by atoms with van der Waals surface area (Å²) in [7, 11) is 1.61. The first-order chi connectivity index (χ1) is 8.78. The Labute approximate surface area is 105 Å². The molecule has 0 radical (unpaired) electrons. The molecule has 0 saturated heterocycles. The van der Waals surface area contributed by atoms with Crippen LogP contribution in [0.1, 0.15) is 5.56 Å². The number of nitrogens with zero attached hydrogens (tertiary/aromatic N) is 2. The predicted molar refractivity (Wildman–Crippen MR) is 70.6 cm³/mol. The third kappa shape index (κ3) is 1.72. The number of hydrogen-bond donors (Lipinski definition) is 1. The lowest BCUT2D eigenvalue weighted by Crippen LogP contribution is -1.87. The molecule has 4 nitrogen and oxygen atoms in total. The maximum Gasteiger partial charge on any atom is 0.213 e. The van der Waals surface area contributed by atoms with E-state index in [1.54, 1.807) is 13.3 Å². The summed E-state index contributed by atoms with van der Waals surface area (Å²) >= 11 is 0. The molecule has 18 heavy (non-hydrogen) atoms. The summed E-state index contributed by atoms with van der Waals surface area (Å²) in [6.07, 6.45) is 1.73. The molecule has 0 atom stereocenters. The molecule has 0 fully saturated rings. The summed E-state index contributed by atoms with van der Waals surface area (Å²) in [5, 5.41) is 8.53. The van der Waals surface area contributed by atoms with Crippen molar-refractivity contribution in [1.29, 1.82) is 0 Å². The van der Waals surface area contributed by atoms with Gasteiger partial charge < -0.3 is 4.74 Å². The predicted octanol–water partition coefficient (Wildman–Crippen LogP) is 2.94. The first-order valence-corrected chi connectivity index (χ1v) is 5.73. The lowest BCUT2D eigenvalue weighted by molar-refractivity contribution is 0.398. The molecule has 3 aromatic rings. The second kappa shape index (κ2) is 4.14. The minimum atomic E-state index is 0.593. The molecule has 2 aromatic heterocycles. The smallest absolute Gasteiger partial charge is 0.213 e. The number of nitrogens with one attached hydrogen (secondary N) is 1. The van der Waals surface area contributed by atoms with Crippen molar-refractivity contribution in [2.24, 2.45) is 0 Å². The van der Waals surface area contributed by atoms with Crippen molar-refractivity contribution in [2.75, 3.05) is 7.11 Å². The van der Waals surface area contributed by atoms with Gasteiger partial charge in [0, 0.05) is 23.2 Å². The van der Waals surface area contributed by atoms with Gasteiger partial charge in [-0.05, 0) is 24.6 Å². The average molecular weight is 239 g/mol. The zero-order valence-electron chi connectivity index (χ0n) is 10.3. The first kappa shape index (κ1) is 10.8. The minimum Gasteiger partial charge on any atom is -0.481 e. The Bertz CT molecular complexity index is 703. The minimum absolute atomic E-state index is 0.593. The van der Waals surface area contributed by atoms with Gasteiger partial charge in [-0.3, -0.25) is 5.10 Å². The van der Waals surface area contributed by atoms with Crippen LogP contribution in [0.3, 0.4) is 0 Å². The van der Waals surface area contributed by atoms with E-state index in [9.17, 15) is 0 Å². The zero-order chi connectivity index (χ0) is 12.5. The monoisotopic (exact) mass is 239 g/mol. The third-order valence-corrected chi connectivity index (χ3v) is 2.94. The zero-order valence-corrected chi connectivity index (χ0v) is 10.3. The highest BCUT2D eigenvalue weighted by atomic mass is 16.5. The Kier molecular flexibility index (Phi) is 2.48. The molecule has 1 N–H and O–H groups in total. The molecule has 2 heterocycles. The quantitative estimate of drug-likeness (QED) is 0.748. The first-order valence-electron chi connectivity index (χ1n) is 5.73. The van der Waals surface area contributed by atoms with Gasteiger partial charge >= 0.3 is 0 Å². The van der Waals surface area contributed by atoms with Crippen LogP contribution in [-0.4, -0.2) is 22.3 Å². The van der Waals surface area contributed by atoms with Gasteiger partial charge in [-0.2, -0.15) is 5.10 Å². The van der Waals surface area contributed by atoms with Crippen molar-refractivity contribution < 1.29 is 4.74 Å². The third-order valence-electron chi connectivity index (χ3n) is 2.94. The van der Waals surface area contributed by atoms with Crippen LogP contribution < -0.4 is 4.74 Å². The molecule has 0 aliphatic rings. The van der Waals surface area contributed by atoms with Crippen LogP contribution in [0.4, 0.5) is 0 Å². The van der Waals surface area contributed by atoms with E-state index >= 15 is 0 Å². The number of ether oxygens (including phenoxy) is 1. The Morgan fingerprint density at radius 3 is 2.89 bits per heavy atom. The highest BCUT2D eigenvalue weighted by Gasteiger charge is 2.09. The van der Waals surface area contributed by atoms with E-state index in [0.29, 0.717) is 5.88 Å². The van der Waals surface area contributed by atoms with Crippen LogP contribution >= 0.6 is 0 Å². The molecule has 0 saturated carbocycles. The van der Waals surface area contributed by atoms with Crippen LogP contribution in [0, 0.1) is 6.92 Å². The number of H-pyrrole nitrogens is 1. The Morgan fingerprint density at radius 1 is 1.17 bits per heavy atom. The average Bonchev–Trinajstić information content (AvgIpc) is 2.81. The van der Waals surface area contributed by atoms with E-state index in [-0.39, 0.29) is 0 Å². The van der Waals surface area contributed by atoms with E-state index in [2.05, 4.69) is 40.3 Å². The van der Waals surface area contributed by atoms with E-state index in [1.807, 2.05) is 12.1 Å². The Morgan fingerprint density at radius 2 is 2.06 bits per heavy atom. The van der Waals surface area contributed by atoms with Gasteiger partial charge in [0.1, 0.15) is 5.69 Å². The number of pyridine rings is 1. The molecule has 3 rings (SSSR count). The normalized spacial score (nSPS) is 10.8. The number of hydrogen-bond acceptors (Lipinski definition) is 3. The van der Waals surface area contributed by atoms with Gasteiger partial charge in [0.25, 0.3) is 0 Å². The number of rotatable bonds is 2. The maximum absolute atomic E-state index is 5.13. The Balaban J connectivity index is 2.19. The summed E-state index contributed by atoms with van der Waals surface area (Å²) in [4.78, 5) is 4.10. The topological polar surface area (TPSA) is 50.8 Å². The number of aryl methyl sites for hydroxylation is 1. The summed E-state index contributed by atoms with van der Waals surface area (Å²) < 4.78 is 5.13. The maximum atomic E-state index is 5.13. The van der Waals surface area contributed by atoms with Crippen molar-refractivity contribution in [3.63, 3.8) is 0 Å². The van der Waals surface area contributed by atoms with Crippen molar-refractivity contribution in [3.05, 3.63) is 42.1 Å². The van der Waals surface area contributed by atoms with Crippen LogP contribution in [-0.2, 0) is 0 Å². The summed E-state index contributed by atoms with van der Waals surface area (Å²) in [5.41, 5.74) is 4.17. The van der Waals surface area contributed by atoms with Gasteiger partial charge in [0.15, 0.2) is 0 Å². The van der Waals surface area contributed by atoms with Gasteiger partial charge in [-0.25, -0.2) is 4.98 Å². The van der Waals surface area contributed by atoms with Crippen molar-refractivity contribution in [2.45, 2.75) is 6.92 Å². The molecule has 1 aromatic carbocycles. The van der Waals surface area contributed by atoms with Crippen molar-refractivity contribution in [3.8, 4) is 17.1 Å². The standard InChI is InChI=1S/C14H13N3O/c1-9-3-4-11-12(7-9)16-17-14(11)10-5-6-15-13(8-10)18-2/h3-8H,1-2H3,(H,16,17). The van der Waals surface area contributed by atoms with E-state index in [0.717, 1.165) is 22.2 Å². The molecule has 0 aliphatic heterocycles. The number of aromatic amines is 1. The van der Waals surface area contributed by atoms with E-state index in [4.69, 9.17) is 4.74 Å². The molecular formula is C14H13N3O. The fraction of sp³-hybridized carbons (Fsp3) is 0.143. The number of benzene rings is 1. The van der Waals surface area contributed by atoms with Crippen LogP contribution in [0.2, 0.25) is 0 Å². The highest BCUT2D eigenvalue weighted by Crippen LogP contribution is 2.27. The molecular weight excluding hydrogens is 226 g/mol. The van der Waals surface area contributed by atoms with Crippen LogP contribution in [0.5, 0.6) is 5.88 Å². The summed E-state index contributed by atoms with van der Waals surface area (Å²) in [5.74, 6) is 0.593. The fourth-order valence-electron chi connectivity index (χ4n) is 2.02. The lowest BCUT2D eigenvalue weighted by Gasteiger charge is -2.01. The number of methoxy groups -OCH3 is 1. The fourth-order valence-corrected chi connectivity index (χ4v) is 2.02. The molecule has 0 unspecified atom stereocenters. The van der Waals surface area contributed by atoms with Crippen LogP contribution in [0.15, 0.2) is 36.5 Å². The number of aromatic nitrogens is 3. The SMILES string of the molecule is COc1cc(-c2n[nH]c3cc(C)ccc23)ccn1. The van der Waals surface area contributed by atoms with Gasteiger partial charge in [-0.15, -0.1) is 0 Å². The molecule has 90 valence electrons. The molecule has 4 heteroatoms. The largest absolute Gasteiger partial charge is 0.481 e. The summed E-state index contributed by atoms with van der Waals surface area (Å²) in [6, 6.07) is 10.1. The lowest BCUT2D eigenvalue weighted by atomic mass is 10.1. The van der Waals surface area contributed by atoms with Gasteiger partial charge in [0.05, 0.1) is 12.6 Å². The second-order valence-corrected chi connectivity index (χ2v) is 4.21. The molecule has 0 spiro atoms. The molecule has 0 amide bonds. The van der Waals surface area contributed by atoms with Crippen molar-refractivity contribution >= 4 is 10.9 Å². The number of fused-ring (bicyclic) bond motifs is 1.